The van der Waals surface area contributed by atoms with Crippen LogP contribution in [0.15, 0.2) is 12.7 Å². The van der Waals surface area contributed by atoms with E-state index in [4.69, 9.17) is 10.5 Å². The summed E-state index contributed by atoms with van der Waals surface area (Å²) >= 11 is 0. The molecule has 0 saturated carbocycles. The molecule has 3 rings (SSSR count). The lowest BCUT2D eigenvalue weighted by molar-refractivity contribution is -0.296. The van der Waals surface area contributed by atoms with Crippen LogP contribution in [0.4, 0.5) is 5.82 Å². The van der Waals surface area contributed by atoms with E-state index in [1.807, 2.05) is 6.92 Å². The number of anilines is 1. The number of morpholine rings is 1. The second kappa shape index (κ2) is 5.74. The number of rotatable bonds is 3. The lowest BCUT2D eigenvalue weighted by Crippen LogP contribution is -2.62. The fourth-order valence-electron chi connectivity index (χ4n) is 2.63. The van der Waals surface area contributed by atoms with Gasteiger partial charge < -0.3 is 20.7 Å². The van der Waals surface area contributed by atoms with Crippen molar-refractivity contribution >= 4 is 17.0 Å². The fourth-order valence-corrected chi connectivity index (χ4v) is 2.63. The number of hydrogen-bond acceptors (Lipinski definition) is 9. The van der Waals surface area contributed by atoms with Gasteiger partial charge in [-0.3, -0.25) is 9.99 Å². The predicted octanol–water partition coefficient (Wildman–Crippen LogP) is -1.21. The molecule has 22 heavy (non-hydrogen) atoms. The highest BCUT2D eigenvalue weighted by Crippen LogP contribution is 2.30. The van der Waals surface area contributed by atoms with Gasteiger partial charge in [-0.05, 0) is 13.5 Å². The van der Waals surface area contributed by atoms with Gasteiger partial charge in [-0.15, -0.1) is 0 Å². The third-order valence-electron chi connectivity index (χ3n) is 3.79. The molecule has 10 heteroatoms. The second-order valence-corrected chi connectivity index (χ2v) is 5.01. The Morgan fingerprint density at radius 2 is 2.09 bits per heavy atom. The molecule has 1 saturated heterocycles. The van der Waals surface area contributed by atoms with Gasteiger partial charge in [0.15, 0.2) is 23.9 Å². The average molecular weight is 309 g/mol. The van der Waals surface area contributed by atoms with Crippen LogP contribution in [0.2, 0.25) is 0 Å². The van der Waals surface area contributed by atoms with Crippen LogP contribution >= 0.6 is 0 Å². The van der Waals surface area contributed by atoms with Gasteiger partial charge in [0.1, 0.15) is 24.2 Å². The van der Waals surface area contributed by atoms with Crippen LogP contribution in [0, 0.1) is 0 Å². The van der Waals surface area contributed by atoms with Crippen LogP contribution in [0.5, 0.6) is 0 Å². The zero-order chi connectivity index (χ0) is 15.9. The number of hydrazine groups is 1. The Morgan fingerprint density at radius 1 is 1.32 bits per heavy atom. The van der Waals surface area contributed by atoms with E-state index < -0.39 is 24.8 Å². The molecule has 5 N–H and O–H groups in total. The van der Waals surface area contributed by atoms with Crippen molar-refractivity contribution < 1.29 is 14.9 Å². The third-order valence-corrected chi connectivity index (χ3v) is 3.79. The van der Waals surface area contributed by atoms with Gasteiger partial charge in [0.05, 0.1) is 6.33 Å². The molecule has 1 aliphatic heterocycles. The molecule has 0 amide bonds. The van der Waals surface area contributed by atoms with Crippen molar-refractivity contribution in [2.75, 3.05) is 12.8 Å². The summed E-state index contributed by atoms with van der Waals surface area (Å²) in [6, 6.07) is 0. The first-order chi connectivity index (χ1) is 10.6. The van der Waals surface area contributed by atoms with Crippen molar-refractivity contribution in [1.29, 1.82) is 0 Å². The molecule has 2 aromatic heterocycles. The Kier molecular flexibility index (Phi) is 3.93. The Morgan fingerprint density at radius 3 is 2.77 bits per heavy atom. The van der Waals surface area contributed by atoms with Gasteiger partial charge in [-0.25, -0.2) is 15.0 Å². The Labute approximate surface area is 126 Å². The quantitative estimate of drug-likeness (QED) is 0.550. The Hall–Kier alpha value is -1.85. The van der Waals surface area contributed by atoms with Crippen LogP contribution in [0.1, 0.15) is 19.6 Å². The smallest absolute Gasteiger partial charge is 0.178 e. The number of imidazole rings is 1. The van der Waals surface area contributed by atoms with Gasteiger partial charge in [-0.1, -0.05) is 6.92 Å². The summed E-state index contributed by atoms with van der Waals surface area (Å²) in [5.74, 6) is 0.256. The maximum atomic E-state index is 10.5. The monoisotopic (exact) mass is 309 g/mol. The number of aliphatic hydroxyl groups excluding tert-OH is 2. The number of aliphatic hydroxyl groups is 2. The highest BCUT2D eigenvalue weighted by molar-refractivity contribution is 5.81. The molecule has 2 unspecified atom stereocenters. The van der Waals surface area contributed by atoms with Crippen molar-refractivity contribution in [3.05, 3.63) is 12.7 Å². The Balaban J connectivity index is 2.03. The van der Waals surface area contributed by atoms with Gasteiger partial charge >= 0.3 is 0 Å². The van der Waals surface area contributed by atoms with Crippen molar-refractivity contribution in [2.24, 2.45) is 0 Å². The molecule has 1 fully saturated rings. The molecule has 0 aromatic carbocycles. The molecule has 2 aromatic rings. The van der Waals surface area contributed by atoms with Gasteiger partial charge in [0.2, 0.25) is 0 Å². The molecule has 3 heterocycles. The summed E-state index contributed by atoms with van der Waals surface area (Å²) < 4.78 is 7.40. The molecule has 120 valence electrons. The number of ether oxygens (including phenoxy) is 1. The van der Waals surface area contributed by atoms with Gasteiger partial charge in [0, 0.05) is 0 Å². The molecule has 10 nitrogen and oxygen atoms in total. The zero-order valence-corrected chi connectivity index (χ0v) is 12.3. The molecule has 0 bridgehead atoms. The standard InChI is InChI=1S/C12H19N7O3/c1-3-6-10(20)19(14-2)11(21)12(22-6)18-5-17-7-8(13)15-4-16-9(7)18/h4-6,10-12,14,20-21H,3H2,1-2H3,(H2,13,15,16)/t6-,10?,11?,12-/m1/s1. The number of nitrogens with zero attached hydrogens (tertiary/aromatic N) is 5. The van der Waals surface area contributed by atoms with E-state index in [2.05, 4.69) is 20.4 Å². The minimum atomic E-state index is -1.13. The van der Waals surface area contributed by atoms with E-state index in [1.54, 1.807) is 11.6 Å². The molecular weight excluding hydrogens is 290 g/mol. The van der Waals surface area contributed by atoms with Crippen molar-refractivity contribution in [3.63, 3.8) is 0 Å². The van der Waals surface area contributed by atoms with E-state index in [0.717, 1.165) is 0 Å². The summed E-state index contributed by atoms with van der Waals surface area (Å²) in [7, 11) is 1.62. The minimum Gasteiger partial charge on any atom is -0.382 e. The van der Waals surface area contributed by atoms with E-state index in [9.17, 15) is 10.2 Å². The lowest BCUT2D eigenvalue weighted by atomic mass is 10.2. The summed E-state index contributed by atoms with van der Waals surface area (Å²) in [4.78, 5) is 12.2. The fraction of sp³-hybridized carbons (Fsp3) is 0.583. The van der Waals surface area contributed by atoms with Crippen LogP contribution in [-0.2, 0) is 4.74 Å². The van der Waals surface area contributed by atoms with Crippen LogP contribution in [0.3, 0.4) is 0 Å². The molecule has 1 aliphatic rings. The Bertz CT molecular complexity index is 663. The molecule has 0 aliphatic carbocycles. The van der Waals surface area contributed by atoms with Gasteiger partial charge in [-0.2, -0.15) is 5.01 Å². The number of nitrogen functional groups attached to an aromatic ring is 1. The van der Waals surface area contributed by atoms with Crippen LogP contribution < -0.4 is 11.2 Å². The summed E-state index contributed by atoms with van der Waals surface area (Å²) in [5, 5.41) is 22.0. The number of nitrogens with one attached hydrogen (secondary N) is 1. The second-order valence-electron chi connectivity index (χ2n) is 5.01. The first kappa shape index (κ1) is 15.1. The molecule has 0 spiro atoms. The molecular formula is C12H19N7O3. The normalized spacial score (nSPS) is 30.0. The summed E-state index contributed by atoms with van der Waals surface area (Å²) in [6.45, 7) is 1.89. The van der Waals surface area contributed by atoms with Gasteiger partial charge in [0.25, 0.3) is 0 Å². The molecule has 0 radical (unpaired) electrons. The highest BCUT2D eigenvalue weighted by atomic mass is 16.6. The minimum absolute atomic E-state index is 0.256. The van der Waals surface area contributed by atoms with Crippen LogP contribution in [-0.4, -0.2) is 60.3 Å². The van der Waals surface area contributed by atoms with E-state index >= 15 is 0 Å². The number of aromatic nitrogens is 4. The topological polar surface area (TPSA) is 135 Å². The zero-order valence-electron chi connectivity index (χ0n) is 12.3. The summed E-state index contributed by atoms with van der Waals surface area (Å²) in [5.41, 5.74) is 9.45. The first-order valence-corrected chi connectivity index (χ1v) is 6.98. The maximum Gasteiger partial charge on any atom is 0.178 e. The summed E-state index contributed by atoms with van der Waals surface area (Å²) in [6.07, 6.45) is 0.0333. The SMILES string of the molecule is CC[C@H]1O[C@@H](n2cnc3c(N)ncnc32)C(O)N(NC)C1O. The van der Waals surface area contributed by atoms with E-state index in [1.165, 1.54) is 17.7 Å². The third kappa shape index (κ3) is 2.21. The van der Waals surface area contributed by atoms with E-state index in [-0.39, 0.29) is 5.82 Å². The first-order valence-electron chi connectivity index (χ1n) is 6.98. The lowest BCUT2D eigenvalue weighted by Gasteiger charge is -2.44. The van der Waals surface area contributed by atoms with Crippen molar-refractivity contribution in [3.8, 4) is 0 Å². The number of hydrogen-bond donors (Lipinski definition) is 4. The van der Waals surface area contributed by atoms with Crippen molar-refractivity contribution in [1.82, 2.24) is 30.0 Å². The molecule has 4 atom stereocenters. The van der Waals surface area contributed by atoms with E-state index in [0.29, 0.717) is 17.6 Å². The van der Waals surface area contributed by atoms with Crippen LogP contribution in [0.25, 0.3) is 11.2 Å². The average Bonchev–Trinajstić information content (AvgIpc) is 2.93. The number of nitrogens with two attached hydrogens (primary N) is 1. The number of fused-ring (bicyclic) bond motifs is 1. The van der Waals surface area contributed by atoms with Crippen molar-refractivity contribution in [2.45, 2.75) is 38.1 Å². The largest absolute Gasteiger partial charge is 0.382 e. The highest BCUT2D eigenvalue weighted by Gasteiger charge is 2.42. The maximum absolute atomic E-state index is 10.5. The predicted molar refractivity (Wildman–Crippen MR) is 76.8 cm³/mol.